The molecule has 4 rings (SSSR count). The van der Waals surface area contributed by atoms with Crippen molar-refractivity contribution in [1.82, 2.24) is 0 Å². The number of fused-ring (bicyclic) bond motifs is 2. The number of methoxy groups -OCH3 is 2. The third-order valence-corrected chi connectivity index (χ3v) is 4.13. The van der Waals surface area contributed by atoms with E-state index in [0.29, 0.717) is 17.1 Å². The van der Waals surface area contributed by atoms with E-state index in [1.54, 1.807) is 13.2 Å². The summed E-state index contributed by atoms with van der Waals surface area (Å²) < 4.78 is 21.9. The Balaban J connectivity index is 1.96. The number of rotatable bonds is 2. The molecule has 1 unspecified atom stereocenters. The highest BCUT2D eigenvalue weighted by atomic mass is 16.5. The van der Waals surface area contributed by atoms with E-state index in [2.05, 4.69) is 0 Å². The maximum Gasteiger partial charge on any atom is 0.342 e. The van der Waals surface area contributed by atoms with Crippen molar-refractivity contribution >= 4 is 5.97 Å². The van der Waals surface area contributed by atoms with Gasteiger partial charge in [-0.25, -0.2) is 4.79 Å². The molecule has 5 nitrogen and oxygen atoms in total. The van der Waals surface area contributed by atoms with Crippen molar-refractivity contribution in [3.05, 3.63) is 47.0 Å². The summed E-state index contributed by atoms with van der Waals surface area (Å²) in [7, 11) is 3.16. The van der Waals surface area contributed by atoms with E-state index in [4.69, 9.17) is 18.9 Å². The maximum atomic E-state index is 12.2. The molecule has 0 aromatic heterocycles. The van der Waals surface area contributed by atoms with Gasteiger partial charge in [0, 0.05) is 11.1 Å². The molecule has 0 amide bonds. The number of hydrogen-bond donors (Lipinski definition) is 0. The van der Waals surface area contributed by atoms with Gasteiger partial charge in [0.05, 0.1) is 20.1 Å². The summed E-state index contributed by atoms with van der Waals surface area (Å²) in [6.45, 7) is 0.287. The second-order valence-electron chi connectivity index (χ2n) is 5.21. The SMILES string of the molecule is COc1ccc2c(c1)C1COC(=O)c3c(OC)ccc(c31)O2. The fraction of sp³-hybridized carbons (Fsp3) is 0.235. The van der Waals surface area contributed by atoms with Crippen LogP contribution in [0.5, 0.6) is 23.0 Å². The van der Waals surface area contributed by atoms with Gasteiger partial charge < -0.3 is 18.9 Å². The lowest BCUT2D eigenvalue weighted by molar-refractivity contribution is 0.0446. The van der Waals surface area contributed by atoms with E-state index in [1.807, 2.05) is 24.3 Å². The van der Waals surface area contributed by atoms with Crippen molar-refractivity contribution < 1.29 is 23.7 Å². The van der Waals surface area contributed by atoms with E-state index in [0.717, 1.165) is 22.6 Å². The Morgan fingerprint density at radius 2 is 1.91 bits per heavy atom. The van der Waals surface area contributed by atoms with Gasteiger partial charge in [-0.1, -0.05) is 0 Å². The average Bonchev–Trinajstić information content (AvgIpc) is 2.56. The Hall–Kier alpha value is -2.69. The number of cyclic esters (lactones) is 1. The summed E-state index contributed by atoms with van der Waals surface area (Å²) in [5.74, 6) is 2.23. The molecular formula is C17H14O5. The first kappa shape index (κ1) is 13.0. The predicted molar refractivity (Wildman–Crippen MR) is 78.2 cm³/mol. The first-order valence-corrected chi connectivity index (χ1v) is 6.96. The highest BCUT2D eigenvalue weighted by Crippen LogP contribution is 2.50. The van der Waals surface area contributed by atoms with Crippen LogP contribution in [0.1, 0.15) is 27.4 Å². The summed E-state index contributed by atoms with van der Waals surface area (Å²) in [5.41, 5.74) is 2.23. The molecular weight excluding hydrogens is 284 g/mol. The Labute approximate surface area is 127 Å². The van der Waals surface area contributed by atoms with Crippen molar-refractivity contribution in [2.24, 2.45) is 0 Å². The van der Waals surface area contributed by atoms with Gasteiger partial charge >= 0.3 is 5.97 Å². The highest BCUT2D eigenvalue weighted by molar-refractivity contribution is 5.97. The standard InChI is InChI=1S/C17H14O5/c1-19-9-3-4-12-10(7-9)11-8-21-17(18)16-13(20-2)5-6-14(22-12)15(11)16/h3-7,11H,8H2,1-2H3. The lowest BCUT2D eigenvalue weighted by Gasteiger charge is -2.33. The largest absolute Gasteiger partial charge is 0.497 e. The quantitative estimate of drug-likeness (QED) is 0.797. The summed E-state index contributed by atoms with van der Waals surface area (Å²) >= 11 is 0. The zero-order chi connectivity index (χ0) is 15.3. The molecule has 5 heteroatoms. The van der Waals surface area contributed by atoms with Crippen LogP contribution in [0.15, 0.2) is 30.3 Å². The molecule has 0 saturated carbocycles. The lowest BCUT2D eigenvalue weighted by atomic mass is 9.83. The van der Waals surface area contributed by atoms with Crippen molar-refractivity contribution in [3.8, 4) is 23.0 Å². The van der Waals surface area contributed by atoms with Crippen molar-refractivity contribution in [3.63, 3.8) is 0 Å². The van der Waals surface area contributed by atoms with E-state index in [-0.39, 0.29) is 18.5 Å². The molecule has 112 valence electrons. The van der Waals surface area contributed by atoms with Gasteiger partial charge in [0.15, 0.2) is 0 Å². The van der Waals surface area contributed by atoms with E-state index in [9.17, 15) is 4.79 Å². The van der Waals surface area contributed by atoms with Gasteiger partial charge in [0.1, 0.15) is 35.2 Å². The number of carbonyl (C=O) groups is 1. The summed E-state index contributed by atoms with van der Waals surface area (Å²) in [4.78, 5) is 12.2. The number of benzene rings is 2. The fourth-order valence-corrected chi connectivity index (χ4v) is 3.09. The number of esters is 1. The van der Waals surface area contributed by atoms with Gasteiger partial charge in [-0.15, -0.1) is 0 Å². The van der Waals surface area contributed by atoms with Gasteiger partial charge in [0.25, 0.3) is 0 Å². The molecule has 22 heavy (non-hydrogen) atoms. The molecule has 0 aliphatic carbocycles. The minimum absolute atomic E-state index is 0.0725. The Morgan fingerprint density at radius 3 is 2.68 bits per heavy atom. The van der Waals surface area contributed by atoms with Crippen LogP contribution in [-0.2, 0) is 4.74 Å². The molecule has 0 radical (unpaired) electrons. The Kier molecular flexibility index (Phi) is 2.76. The van der Waals surface area contributed by atoms with E-state index in [1.165, 1.54) is 7.11 Å². The minimum atomic E-state index is -0.375. The first-order valence-electron chi connectivity index (χ1n) is 6.96. The molecule has 2 aromatic rings. The van der Waals surface area contributed by atoms with Crippen LogP contribution in [0, 0.1) is 0 Å². The molecule has 0 spiro atoms. The molecule has 0 fully saturated rings. The second kappa shape index (κ2) is 4.66. The molecule has 2 aliphatic heterocycles. The van der Waals surface area contributed by atoms with Crippen LogP contribution < -0.4 is 14.2 Å². The van der Waals surface area contributed by atoms with Crippen molar-refractivity contribution in [1.29, 1.82) is 0 Å². The Bertz CT molecular complexity index is 781. The monoisotopic (exact) mass is 298 g/mol. The van der Waals surface area contributed by atoms with Gasteiger partial charge in [0.2, 0.25) is 0 Å². The molecule has 2 heterocycles. The summed E-state index contributed by atoms with van der Waals surface area (Å²) in [5, 5.41) is 0. The number of hydrogen-bond acceptors (Lipinski definition) is 5. The smallest absolute Gasteiger partial charge is 0.342 e. The maximum absolute atomic E-state index is 12.2. The van der Waals surface area contributed by atoms with Crippen molar-refractivity contribution in [2.75, 3.05) is 20.8 Å². The van der Waals surface area contributed by atoms with Crippen LogP contribution in [0.25, 0.3) is 0 Å². The second-order valence-corrected chi connectivity index (χ2v) is 5.21. The van der Waals surface area contributed by atoms with Crippen LogP contribution in [0.4, 0.5) is 0 Å². The molecule has 0 N–H and O–H groups in total. The summed E-state index contributed by atoms with van der Waals surface area (Å²) in [6.07, 6.45) is 0. The molecule has 2 aliphatic rings. The number of ether oxygens (including phenoxy) is 4. The van der Waals surface area contributed by atoms with Gasteiger partial charge in [-0.2, -0.15) is 0 Å². The molecule has 0 bridgehead atoms. The third kappa shape index (κ3) is 1.68. The highest BCUT2D eigenvalue weighted by Gasteiger charge is 2.38. The molecule has 1 atom stereocenters. The Morgan fingerprint density at radius 1 is 1.09 bits per heavy atom. The van der Waals surface area contributed by atoms with E-state index < -0.39 is 0 Å². The van der Waals surface area contributed by atoms with Gasteiger partial charge in [-0.05, 0) is 30.3 Å². The first-order chi connectivity index (χ1) is 10.7. The van der Waals surface area contributed by atoms with E-state index >= 15 is 0 Å². The van der Waals surface area contributed by atoms with Gasteiger partial charge in [-0.3, -0.25) is 0 Å². The van der Waals surface area contributed by atoms with Crippen LogP contribution in [0.3, 0.4) is 0 Å². The molecule has 0 saturated heterocycles. The minimum Gasteiger partial charge on any atom is -0.497 e. The predicted octanol–water partition coefficient (Wildman–Crippen LogP) is 3.11. The normalized spacial score (nSPS) is 17.7. The van der Waals surface area contributed by atoms with Crippen LogP contribution >= 0.6 is 0 Å². The number of carbonyl (C=O) groups excluding carboxylic acids is 1. The summed E-state index contributed by atoms with van der Waals surface area (Å²) in [6, 6.07) is 9.20. The lowest BCUT2D eigenvalue weighted by Crippen LogP contribution is -2.27. The molecule has 2 aromatic carbocycles. The average molecular weight is 298 g/mol. The third-order valence-electron chi connectivity index (χ3n) is 4.13. The zero-order valence-electron chi connectivity index (χ0n) is 12.2. The fourth-order valence-electron chi connectivity index (χ4n) is 3.09. The van der Waals surface area contributed by atoms with Crippen LogP contribution in [-0.4, -0.2) is 26.8 Å². The van der Waals surface area contributed by atoms with Crippen LogP contribution in [0.2, 0.25) is 0 Å². The zero-order valence-corrected chi connectivity index (χ0v) is 12.2. The van der Waals surface area contributed by atoms with Crippen molar-refractivity contribution in [2.45, 2.75) is 5.92 Å². The topological polar surface area (TPSA) is 54.0 Å².